The Labute approximate surface area is 107 Å². The largest absolute Gasteiger partial charge is 0.507 e. The van der Waals surface area contributed by atoms with Crippen molar-refractivity contribution in [3.8, 4) is 5.75 Å². The van der Waals surface area contributed by atoms with Crippen LogP contribution in [0.15, 0.2) is 48.5 Å². The highest BCUT2D eigenvalue weighted by atomic mass is 16.3. The number of phenolic OH excluding ortho intramolecular Hbond substituents is 1. The summed E-state index contributed by atoms with van der Waals surface area (Å²) in [5.74, 6) is 0.0707. The molecule has 0 heterocycles. The third-order valence-corrected chi connectivity index (χ3v) is 3.36. The third kappa shape index (κ3) is 2.02. The highest BCUT2D eigenvalue weighted by molar-refractivity contribution is 5.80. The number of carbonyl (C=O) groups excluding carboxylic acids is 1. The monoisotopic (exact) mass is 240 g/mol. The number of hydrogen-bond acceptors (Lipinski definition) is 2. The number of aldehydes is 1. The van der Waals surface area contributed by atoms with Crippen molar-refractivity contribution in [2.24, 2.45) is 0 Å². The first-order valence-corrected chi connectivity index (χ1v) is 5.90. The molecule has 0 radical (unpaired) electrons. The minimum Gasteiger partial charge on any atom is -0.507 e. The lowest BCUT2D eigenvalue weighted by molar-refractivity contribution is 0.112. The number of benzene rings is 2. The summed E-state index contributed by atoms with van der Waals surface area (Å²) in [6, 6.07) is 15.2. The molecule has 0 saturated heterocycles. The molecule has 92 valence electrons. The zero-order valence-electron chi connectivity index (χ0n) is 10.6. The van der Waals surface area contributed by atoms with Crippen LogP contribution in [0.2, 0.25) is 0 Å². The quantitative estimate of drug-likeness (QED) is 0.833. The molecule has 2 aromatic carbocycles. The summed E-state index contributed by atoms with van der Waals surface area (Å²) in [4.78, 5) is 10.9. The van der Waals surface area contributed by atoms with Crippen LogP contribution < -0.4 is 0 Å². The highest BCUT2D eigenvalue weighted by Gasteiger charge is 2.26. The number of rotatable bonds is 3. The molecule has 0 aliphatic carbocycles. The third-order valence-electron chi connectivity index (χ3n) is 3.36. The molecular weight excluding hydrogens is 224 g/mol. The van der Waals surface area contributed by atoms with E-state index in [4.69, 9.17) is 0 Å². The van der Waals surface area contributed by atoms with Gasteiger partial charge in [0, 0.05) is 11.0 Å². The Morgan fingerprint density at radius 1 is 1.00 bits per heavy atom. The standard InChI is InChI=1S/C16H16O2/c1-16(2,13-8-4-3-5-9-13)14-10-6-7-12(11-17)15(14)18/h3-11,18H,1-2H3. The lowest BCUT2D eigenvalue weighted by Gasteiger charge is -2.27. The van der Waals surface area contributed by atoms with E-state index in [1.165, 1.54) is 0 Å². The van der Waals surface area contributed by atoms with Crippen LogP contribution in [0.1, 0.15) is 35.3 Å². The summed E-state index contributed by atoms with van der Waals surface area (Å²) in [6.45, 7) is 4.07. The molecule has 2 rings (SSSR count). The smallest absolute Gasteiger partial charge is 0.153 e. The Morgan fingerprint density at radius 3 is 2.28 bits per heavy atom. The molecule has 0 saturated carbocycles. The number of hydrogen-bond donors (Lipinski definition) is 1. The molecule has 0 amide bonds. The van der Waals surface area contributed by atoms with Gasteiger partial charge in [-0.2, -0.15) is 0 Å². The first-order chi connectivity index (χ1) is 8.57. The highest BCUT2D eigenvalue weighted by Crippen LogP contribution is 2.37. The van der Waals surface area contributed by atoms with E-state index in [1.807, 2.05) is 50.2 Å². The molecule has 1 N–H and O–H groups in total. The van der Waals surface area contributed by atoms with Gasteiger partial charge in [-0.15, -0.1) is 0 Å². The maximum absolute atomic E-state index is 10.9. The molecule has 2 aromatic rings. The fraction of sp³-hybridized carbons (Fsp3) is 0.188. The van der Waals surface area contributed by atoms with Crippen molar-refractivity contribution in [3.05, 3.63) is 65.2 Å². The van der Waals surface area contributed by atoms with Crippen LogP contribution in [0.5, 0.6) is 5.75 Å². The van der Waals surface area contributed by atoms with Gasteiger partial charge in [0.15, 0.2) is 6.29 Å². The van der Waals surface area contributed by atoms with Gasteiger partial charge in [0.05, 0.1) is 5.56 Å². The zero-order chi connectivity index (χ0) is 13.2. The summed E-state index contributed by atoms with van der Waals surface area (Å²) < 4.78 is 0. The van der Waals surface area contributed by atoms with Crippen LogP contribution in [-0.2, 0) is 5.41 Å². The fourth-order valence-corrected chi connectivity index (χ4v) is 2.17. The minimum atomic E-state index is -0.343. The van der Waals surface area contributed by atoms with E-state index < -0.39 is 0 Å². The van der Waals surface area contributed by atoms with Gasteiger partial charge in [-0.3, -0.25) is 4.79 Å². The second kappa shape index (κ2) is 4.65. The number of aromatic hydroxyl groups is 1. The number of phenols is 1. The number of carbonyl (C=O) groups is 1. The van der Waals surface area contributed by atoms with Crippen LogP contribution in [-0.4, -0.2) is 11.4 Å². The van der Waals surface area contributed by atoms with E-state index in [0.29, 0.717) is 11.8 Å². The lowest BCUT2D eigenvalue weighted by Crippen LogP contribution is -2.19. The Kier molecular flexibility index (Phi) is 3.19. The maximum Gasteiger partial charge on any atom is 0.153 e. The van der Waals surface area contributed by atoms with Crippen LogP contribution in [0.4, 0.5) is 0 Å². The van der Waals surface area contributed by atoms with Crippen LogP contribution in [0.25, 0.3) is 0 Å². The van der Waals surface area contributed by atoms with Gasteiger partial charge in [-0.25, -0.2) is 0 Å². The van der Waals surface area contributed by atoms with Gasteiger partial charge in [0.2, 0.25) is 0 Å². The first kappa shape index (κ1) is 12.4. The maximum atomic E-state index is 10.9. The van der Waals surface area contributed by atoms with Crippen molar-refractivity contribution in [2.45, 2.75) is 19.3 Å². The molecule has 2 heteroatoms. The SMILES string of the molecule is CC(C)(c1ccccc1)c1cccc(C=O)c1O. The summed E-state index contributed by atoms with van der Waals surface area (Å²) >= 11 is 0. The second-order valence-electron chi connectivity index (χ2n) is 4.85. The van der Waals surface area contributed by atoms with E-state index in [2.05, 4.69) is 0 Å². The fourth-order valence-electron chi connectivity index (χ4n) is 2.17. The zero-order valence-corrected chi connectivity index (χ0v) is 10.6. The van der Waals surface area contributed by atoms with Crippen molar-refractivity contribution >= 4 is 6.29 Å². The van der Waals surface area contributed by atoms with Crippen molar-refractivity contribution < 1.29 is 9.90 Å². The predicted octanol–water partition coefficient (Wildman–Crippen LogP) is 3.53. The molecule has 0 aliphatic rings. The molecule has 0 unspecified atom stereocenters. The van der Waals surface area contributed by atoms with E-state index in [1.54, 1.807) is 12.1 Å². The Morgan fingerprint density at radius 2 is 1.67 bits per heavy atom. The lowest BCUT2D eigenvalue weighted by atomic mass is 9.77. The van der Waals surface area contributed by atoms with Crippen molar-refractivity contribution in [2.75, 3.05) is 0 Å². The molecule has 0 aromatic heterocycles. The molecular formula is C16H16O2. The van der Waals surface area contributed by atoms with Crippen LogP contribution in [0.3, 0.4) is 0 Å². The van der Waals surface area contributed by atoms with Gasteiger partial charge >= 0.3 is 0 Å². The van der Waals surface area contributed by atoms with Crippen LogP contribution in [0, 0.1) is 0 Å². The minimum absolute atomic E-state index is 0.0707. The molecule has 0 bridgehead atoms. The Hall–Kier alpha value is -2.09. The average Bonchev–Trinajstić information content (AvgIpc) is 2.40. The van der Waals surface area contributed by atoms with E-state index in [0.717, 1.165) is 11.1 Å². The molecule has 0 atom stereocenters. The van der Waals surface area contributed by atoms with Crippen molar-refractivity contribution in [3.63, 3.8) is 0 Å². The molecule has 0 fully saturated rings. The predicted molar refractivity (Wildman–Crippen MR) is 72.1 cm³/mol. The average molecular weight is 240 g/mol. The van der Waals surface area contributed by atoms with Gasteiger partial charge in [-0.05, 0) is 11.6 Å². The Bertz CT molecular complexity index is 557. The van der Waals surface area contributed by atoms with Crippen molar-refractivity contribution in [1.82, 2.24) is 0 Å². The number of para-hydroxylation sites is 1. The van der Waals surface area contributed by atoms with E-state index >= 15 is 0 Å². The summed E-state index contributed by atoms with van der Waals surface area (Å²) in [5.41, 5.74) is 1.85. The van der Waals surface area contributed by atoms with Gasteiger partial charge in [-0.1, -0.05) is 56.3 Å². The van der Waals surface area contributed by atoms with Crippen molar-refractivity contribution in [1.29, 1.82) is 0 Å². The van der Waals surface area contributed by atoms with E-state index in [-0.39, 0.29) is 11.2 Å². The van der Waals surface area contributed by atoms with Gasteiger partial charge in [0.25, 0.3) is 0 Å². The molecule has 2 nitrogen and oxygen atoms in total. The van der Waals surface area contributed by atoms with Gasteiger partial charge in [0.1, 0.15) is 5.75 Å². The summed E-state index contributed by atoms with van der Waals surface area (Å²) in [5, 5.41) is 10.2. The molecule has 0 aliphatic heterocycles. The molecule has 18 heavy (non-hydrogen) atoms. The Balaban J connectivity index is 2.58. The first-order valence-electron chi connectivity index (χ1n) is 5.90. The summed E-state index contributed by atoms with van der Waals surface area (Å²) in [6.07, 6.45) is 0.680. The van der Waals surface area contributed by atoms with E-state index in [9.17, 15) is 9.90 Å². The second-order valence-corrected chi connectivity index (χ2v) is 4.85. The normalized spacial score (nSPS) is 11.2. The topological polar surface area (TPSA) is 37.3 Å². The van der Waals surface area contributed by atoms with Crippen LogP contribution >= 0.6 is 0 Å². The summed E-state index contributed by atoms with van der Waals surface area (Å²) in [7, 11) is 0. The van der Waals surface area contributed by atoms with Gasteiger partial charge < -0.3 is 5.11 Å². The molecule has 0 spiro atoms.